The highest BCUT2D eigenvalue weighted by Crippen LogP contribution is 2.62. The number of carbonyl (C=O) groups is 1. The summed E-state index contributed by atoms with van der Waals surface area (Å²) in [6, 6.07) is 0. The lowest BCUT2D eigenvalue weighted by molar-refractivity contribution is -0.196. The molecule has 1 N–H and O–H groups in total. The van der Waals surface area contributed by atoms with E-state index in [1.165, 1.54) is 19.3 Å². The largest absolute Gasteiger partial charge is 0.426 e. The third-order valence-corrected chi connectivity index (χ3v) is 7.68. The van der Waals surface area contributed by atoms with Gasteiger partial charge in [0, 0.05) is 18.1 Å². The smallest absolute Gasteiger partial charge is 0.333 e. The van der Waals surface area contributed by atoms with Crippen molar-refractivity contribution in [3.05, 3.63) is 11.6 Å². The van der Waals surface area contributed by atoms with Gasteiger partial charge in [0.15, 0.2) is 0 Å². The van der Waals surface area contributed by atoms with Crippen molar-refractivity contribution in [1.82, 2.24) is 0 Å². The third-order valence-electron chi connectivity index (χ3n) is 7.68. The summed E-state index contributed by atoms with van der Waals surface area (Å²) in [7, 11) is 0. The molecule has 0 saturated heterocycles. The minimum absolute atomic E-state index is 0.201. The van der Waals surface area contributed by atoms with Crippen molar-refractivity contribution in [3.63, 3.8) is 0 Å². The molecule has 3 rings (SSSR count). The van der Waals surface area contributed by atoms with Gasteiger partial charge in [0.05, 0.1) is 0 Å². The lowest BCUT2D eigenvalue weighted by Gasteiger charge is -2.47. The van der Waals surface area contributed by atoms with Gasteiger partial charge in [-0.1, -0.05) is 47.5 Å². The lowest BCUT2D eigenvalue weighted by atomic mass is 9.59. The fourth-order valence-corrected chi connectivity index (χ4v) is 5.63. The molecular weight excluding hydrogens is 300 g/mol. The quantitative estimate of drug-likeness (QED) is 0.742. The van der Waals surface area contributed by atoms with Gasteiger partial charge in [0.1, 0.15) is 0 Å². The summed E-state index contributed by atoms with van der Waals surface area (Å²) in [5, 5.41) is 10.7. The van der Waals surface area contributed by atoms with Gasteiger partial charge in [0.25, 0.3) is 0 Å². The van der Waals surface area contributed by atoms with Crippen LogP contribution in [-0.2, 0) is 9.53 Å². The molecule has 3 heteroatoms. The Morgan fingerprint density at radius 3 is 2.58 bits per heavy atom. The summed E-state index contributed by atoms with van der Waals surface area (Å²) in [6.07, 6.45) is 7.96. The number of hydrogen-bond donors (Lipinski definition) is 1. The Balaban J connectivity index is 1.73. The van der Waals surface area contributed by atoms with Gasteiger partial charge in [-0.15, -0.1) is 0 Å². The summed E-state index contributed by atoms with van der Waals surface area (Å²) in [5.41, 5.74) is 1.07. The Morgan fingerprint density at radius 1 is 1.21 bits per heavy atom. The molecule has 0 spiro atoms. The number of rotatable bonds is 5. The van der Waals surface area contributed by atoms with Crippen molar-refractivity contribution in [2.45, 2.75) is 78.9 Å². The number of aliphatic hydroxyl groups is 1. The summed E-state index contributed by atoms with van der Waals surface area (Å²) < 4.78 is 5.23. The summed E-state index contributed by atoms with van der Waals surface area (Å²) in [4.78, 5) is 11.7. The van der Waals surface area contributed by atoms with Gasteiger partial charge in [-0.25, -0.2) is 4.79 Å². The molecule has 0 aromatic carbocycles. The zero-order chi connectivity index (χ0) is 17.7. The Bertz CT molecular complexity index is 537. The highest BCUT2D eigenvalue weighted by Gasteiger charge is 2.59. The van der Waals surface area contributed by atoms with Gasteiger partial charge in [-0.05, 0) is 54.3 Å². The SMILES string of the molecule is CC(C)C(C)CCC(C)C1CCC2C3=CC(=O)OC3(O)CCC21C. The van der Waals surface area contributed by atoms with E-state index in [1.54, 1.807) is 6.08 Å². The van der Waals surface area contributed by atoms with Gasteiger partial charge < -0.3 is 9.84 Å². The maximum atomic E-state index is 11.7. The second-order valence-electron chi connectivity index (χ2n) is 9.32. The number of fused-ring (bicyclic) bond motifs is 3. The van der Waals surface area contributed by atoms with Gasteiger partial charge in [0.2, 0.25) is 5.79 Å². The first-order valence-electron chi connectivity index (χ1n) is 9.85. The normalized spacial score (nSPS) is 40.8. The van der Waals surface area contributed by atoms with Crippen LogP contribution in [0.2, 0.25) is 0 Å². The van der Waals surface area contributed by atoms with Crippen molar-refractivity contribution in [1.29, 1.82) is 0 Å². The molecule has 2 saturated carbocycles. The van der Waals surface area contributed by atoms with Crippen molar-refractivity contribution in [2.75, 3.05) is 0 Å². The van der Waals surface area contributed by atoms with E-state index in [0.29, 0.717) is 24.2 Å². The van der Waals surface area contributed by atoms with Crippen LogP contribution in [0.5, 0.6) is 0 Å². The Labute approximate surface area is 146 Å². The average Bonchev–Trinajstić information content (AvgIpc) is 3.00. The van der Waals surface area contributed by atoms with Crippen LogP contribution >= 0.6 is 0 Å². The maximum Gasteiger partial charge on any atom is 0.333 e. The highest BCUT2D eigenvalue weighted by atomic mass is 16.7. The predicted octanol–water partition coefficient (Wildman–Crippen LogP) is 4.69. The Morgan fingerprint density at radius 2 is 1.92 bits per heavy atom. The minimum atomic E-state index is -1.30. The van der Waals surface area contributed by atoms with E-state index in [1.807, 2.05) is 0 Å². The second-order valence-corrected chi connectivity index (χ2v) is 9.32. The average molecular weight is 335 g/mol. The first-order valence-corrected chi connectivity index (χ1v) is 9.85. The van der Waals surface area contributed by atoms with Crippen molar-refractivity contribution in [2.24, 2.45) is 35.0 Å². The van der Waals surface area contributed by atoms with E-state index >= 15 is 0 Å². The molecule has 6 unspecified atom stereocenters. The Hall–Kier alpha value is -0.830. The summed E-state index contributed by atoms with van der Waals surface area (Å²) in [5.74, 6) is 1.55. The molecule has 0 radical (unpaired) electrons. The van der Waals surface area contributed by atoms with Crippen LogP contribution in [-0.4, -0.2) is 16.9 Å². The van der Waals surface area contributed by atoms with Crippen LogP contribution in [0, 0.1) is 35.0 Å². The first-order chi connectivity index (χ1) is 11.2. The van der Waals surface area contributed by atoms with E-state index in [9.17, 15) is 9.90 Å². The lowest BCUT2D eigenvalue weighted by Crippen LogP contribution is -2.46. The Kier molecular flexibility index (Phi) is 4.61. The van der Waals surface area contributed by atoms with Crippen LogP contribution in [0.15, 0.2) is 11.6 Å². The molecule has 24 heavy (non-hydrogen) atoms. The van der Waals surface area contributed by atoms with E-state index in [2.05, 4.69) is 34.6 Å². The molecule has 3 nitrogen and oxygen atoms in total. The molecule has 0 amide bonds. The van der Waals surface area contributed by atoms with Crippen LogP contribution in [0.1, 0.15) is 73.1 Å². The first kappa shape index (κ1) is 18.0. The van der Waals surface area contributed by atoms with Crippen molar-refractivity contribution >= 4 is 5.97 Å². The fourth-order valence-electron chi connectivity index (χ4n) is 5.63. The second kappa shape index (κ2) is 6.16. The minimum Gasteiger partial charge on any atom is -0.426 e. The predicted molar refractivity (Wildman–Crippen MR) is 95.1 cm³/mol. The number of hydrogen-bond acceptors (Lipinski definition) is 3. The number of carbonyl (C=O) groups excluding carboxylic acids is 1. The van der Waals surface area contributed by atoms with E-state index in [-0.39, 0.29) is 11.4 Å². The zero-order valence-corrected chi connectivity index (χ0v) is 16.0. The maximum absolute atomic E-state index is 11.7. The molecule has 1 heterocycles. The van der Waals surface area contributed by atoms with E-state index in [4.69, 9.17) is 4.74 Å². The van der Waals surface area contributed by atoms with Gasteiger partial charge in [-0.2, -0.15) is 0 Å². The topological polar surface area (TPSA) is 46.5 Å². The molecule has 0 bridgehead atoms. The molecular formula is C21H34O3. The van der Waals surface area contributed by atoms with Crippen molar-refractivity contribution in [3.8, 4) is 0 Å². The summed E-state index contributed by atoms with van der Waals surface area (Å²) >= 11 is 0. The number of ether oxygens (including phenoxy) is 1. The van der Waals surface area contributed by atoms with Crippen LogP contribution in [0.25, 0.3) is 0 Å². The molecule has 1 aliphatic heterocycles. The van der Waals surface area contributed by atoms with Gasteiger partial charge in [-0.3, -0.25) is 0 Å². The number of esters is 1. The molecule has 0 aromatic heterocycles. The fraction of sp³-hybridized carbons (Fsp3) is 0.857. The van der Waals surface area contributed by atoms with E-state index < -0.39 is 5.79 Å². The van der Waals surface area contributed by atoms with Crippen LogP contribution in [0.4, 0.5) is 0 Å². The van der Waals surface area contributed by atoms with Crippen LogP contribution in [0.3, 0.4) is 0 Å². The van der Waals surface area contributed by atoms with Crippen molar-refractivity contribution < 1.29 is 14.6 Å². The molecule has 2 fully saturated rings. The third kappa shape index (κ3) is 2.83. The molecule has 3 aliphatic rings. The molecule has 2 aliphatic carbocycles. The highest BCUT2D eigenvalue weighted by molar-refractivity contribution is 5.86. The monoisotopic (exact) mass is 334 g/mol. The van der Waals surface area contributed by atoms with Crippen LogP contribution < -0.4 is 0 Å². The van der Waals surface area contributed by atoms with E-state index in [0.717, 1.165) is 30.3 Å². The zero-order valence-electron chi connectivity index (χ0n) is 16.0. The molecule has 6 atom stereocenters. The molecule has 136 valence electrons. The molecule has 0 aromatic rings. The van der Waals surface area contributed by atoms with Gasteiger partial charge >= 0.3 is 5.97 Å². The standard InChI is InChI=1S/C21H34O3/c1-13(2)14(3)6-7-15(4)16-8-9-17-18-12-19(22)24-21(18,23)11-10-20(16,17)5/h12-17,23H,6-11H2,1-5H3. The summed E-state index contributed by atoms with van der Waals surface area (Å²) in [6.45, 7) is 11.8.